The van der Waals surface area contributed by atoms with Gasteiger partial charge in [0.15, 0.2) is 5.11 Å². The fraction of sp³-hybridized carbons (Fsp3) is 0.0833. The average Bonchev–Trinajstić information content (AvgIpc) is 2.32. The molecule has 3 N–H and O–H groups in total. The van der Waals surface area contributed by atoms with E-state index in [2.05, 4.69) is 45.5 Å². The number of rotatable bonds is 2. The van der Waals surface area contributed by atoms with Crippen LogP contribution >= 0.6 is 12.2 Å². The van der Waals surface area contributed by atoms with Crippen LogP contribution in [0.1, 0.15) is 5.69 Å². The van der Waals surface area contributed by atoms with E-state index in [9.17, 15) is 0 Å². The van der Waals surface area contributed by atoms with Gasteiger partial charge in [-0.2, -0.15) is 9.67 Å². The number of nitrogens with one attached hydrogen (secondary N) is 1. The van der Waals surface area contributed by atoms with Crippen molar-refractivity contribution in [3.8, 4) is 0 Å². The normalized spacial score (nSPS) is 10.9. The first-order valence-corrected chi connectivity index (χ1v) is 5.55. The summed E-state index contributed by atoms with van der Waals surface area (Å²) in [6, 6.07) is 12.2. The molecule has 1 aromatic heterocycles. The van der Waals surface area contributed by atoms with Gasteiger partial charge in [-0.05, 0) is 24.4 Å². The summed E-state index contributed by atoms with van der Waals surface area (Å²) in [6.45, 7) is 0. The summed E-state index contributed by atoms with van der Waals surface area (Å²) in [5.41, 5.74) is 9.93. The predicted octanol–water partition coefficient (Wildman–Crippen LogP) is 0.831. The summed E-state index contributed by atoms with van der Waals surface area (Å²) in [6.07, 6.45) is 1.69. The van der Waals surface area contributed by atoms with Gasteiger partial charge in [-0.15, -0.1) is 0 Å². The van der Waals surface area contributed by atoms with Crippen LogP contribution in [0.4, 0.5) is 0 Å². The molecule has 2 rings (SSSR count). The van der Waals surface area contributed by atoms with E-state index in [1.165, 1.54) is 5.39 Å². The van der Waals surface area contributed by atoms with Crippen LogP contribution in [0.25, 0.3) is 10.9 Å². The Balaban J connectivity index is 2.39. The van der Waals surface area contributed by atoms with E-state index in [0.717, 1.165) is 11.2 Å². The van der Waals surface area contributed by atoms with E-state index in [1.807, 2.05) is 25.2 Å². The van der Waals surface area contributed by atoms with Crippen molar-refractivity contribution in [3.05, 3.63) is 42.1 Å². The lowest BCUT2D eigenvalue weighted by Gasteiger charge is -1.99. The van der Waals surface area contributed by atoms with Crippen LogP contribution in [0.3, 0.4) is 0 Å². The van der Waals surface area contributed by atoms with E-state index in [1.54, 1.807) is 6.21 Å². The SMILES string of the molecule is C[n+]1c(/C=N/NC(N)=S)ccc2ccccc21. The Morgan fingerprint density at radius 3 is 2.88 bits per heavy atom. The van der Waals surface area contributed by atoms with Gasteiger partial charge in [0.1, 0.15) is 13.3 Å². The van der Waals surface area contributed by atoms with Crippen LogP contribution in [-0.2, 0) is 7.05 Å². The Hall–Kier alpha value is -2.01. The molecule has 1 aromatic carbocycles. The first kappa shape index (κ1) is 11.5. The molecule has 0 aliphatic heterocycles. The van der Waals surface area contributed by atoms with Crippen molar-refractivity contribution in [2.24, 2.45) is 17.9 Å². The Kier molecular flexibility index (Phi) is 3.30. The van der Waals surface area contributed by atoms with Crippen molar-refractivity contribution in [1.82, 2.24) is 5.43 Å². The molecule has 0 amide bonds. The smallest absolute Gasteiger partial charge is 0.225 e. The van der Waals surface area contributed by atoms with E-state index in [4.69, 9.17) is 5.73 Å². The highest BCUT2D eigenvalue weighted by Gasteiger charge is 2.08. The number of para-hydroxylation sites is 1. The first-order valence-electron chi connectivity index (χ1n) is 5.15. The Labute approximate surface area is 105 Å². The maximum absolute atomic E-state index is 5.28. The Bertz CT molecular complexity index is 592. The highest BCUT2D eigenvalue weighted by Crippen LogP contribution is 2.08. The fourth-order valence-corrected chi connectivity index (χ4v) is 1.70. The number of benzene rings is 1. The first-order chi connectivity index (χ1) is 8.18. The summed E-state index contributed by atoms with van der Waals surface area (Å²) in [7, 11) is 1.99. The molecule has 86 valence electrons. The second-order valence-electron chi connectivity index (χ2n) is 3.61. The maximum Gasteiger partial charge on any atom is 0.225 e. The van der Waals surface area contributed by atoms with Crippen molar-refractivity contribution in [2.75, 3.05) is 0 Å². The van der Waals surface area contributed by atoms with Crippen molar-refractivity contribution in [1.29, 1.82) is 0 Å². The van der Waals surface area contributed by atoms with Gasteiger partial charge >= 0.3 is 0 Å². The van der Waals surface area contributed by atoms with Crippen LogP contribution in [0.2, 0.25) is 0 Å². The molecule has 0 saturated carbocycles. The number of fused-ring (bicyclic) bond motifs is 1. The standard InChI is InChI=1S/C12H12N4S/c1-16-10(8-14-15-12(13)17)7-6-9-4-2-3-5-11(9)16/h2-8H,1H3,(H2,13,17)/p+1. The van der Waals surface area contributed by atoms with E-state index < -0.39 is 0 Å². The minimum Gasteiger partial charge on any atom is -0.375 e. The molecule has 0 fully saturated rings. The zero-order valence-electron chi connectivity index (χ0n) is 9.42. The van der Waals surface area contributed by atoms with Gasteiger partial charge in [-0.25, -0.2) is 0 Å². The molecule has 0 aliphatic carbocycles. The number of thiocarbonyl (C=S) groups is 1. The van der Waals surface area contributed by atoms with Crippen LogP contribution < -0.4 is 15.7 Å². The third kappa shape index (κ3) is 2.57. The summed E-state index contributed by atoms with van der Waals surface area (Å²) >= 11 is 4.67. The number of hydrogen-bond acceptors (Lipinski definition) is 2. The molecule has 17 heavy (non-hydrogen) atoms. The molecular formula is C12H13N4S+. The van der Waals surface area contributed by atoms with Gasteiger partial charge in [-0.3, -0.25) is 5.43 Å². The van der Waals surface area contributed by atoms with E-state index >= 15 is 0 Å². The number of hydrazone groups is 1. The van der Waals surface area contributed by atoms with Crippen LogP contribution in [0, 0.1) is 0 Å². The largest absolute Gasteiger partial charge is 0.375 e. The van der Waals surface area contributed by atoms with Crippen molar-refractivity contribution >= 4 is 34.4 Å². The van der Waals surface area contributed by atoms with Gasteiger partial charge in [0.2, 0.25) is 11.2 Å². The molecule has 0 radical (unpaired) electrons. The minimum atomic E-state index is 0.157. The average molecular weight is 245 g/mol. The van der Waals surface area contributed by atoms with Crippen LogP contribution in [0.15, 0.2) is 41.5 Å². The van der Waals surface area contributed by atoms with Gasteiger partial charge in [-0.1, -0.05) is 12.1 Å². The molecule has 0 spiro atoms. The van der Waals surface area contributed by atoms with Crippen molar-refractivity contribution < 1.29 is 4.57 Å². The number of nitrogens with zero attached hydrogens (tertiary/aromatic N) is 2. The lowest BCUT2D eigenvalue weighted by Crippen LogP contribution is -2.35. The molecule has 4 nitrogen and oxygen atoms in total. The lowest BCUT2D eigenvalue weighted by atomic mass is 10.2. The molecule has 1 heterocycles. The molecule has 0 atom stereocenters. The van der Waals surface area contributed by atoms with Crippen molar-refractivity contribution in [3.63, 3.8) is 0 Å². The van der Waals surface area contributed by atoms with Crippen LogP contribution in [0.5, 0.6) is 0 Å². The molecule has 0 aliphatic rings. The summed E-state index contributed by atoms with van der Waals surface area (Å²) in [5.74, 6) is 0. The third-order valence-electron chi connectivity index (χ3n) is 2.49. The molecule has 0 unspecified atom stereocenters. The highest BCUT2D eigenvalue weighted by atomic mass is 32.1. The third-order valence-corrected chi connectivity index (χ3v) is 2.58. The number of hydrogen-bond donors (Lipinski definition) is 2. The Morgan fingerprint density at radius 1 is 1.35 bits per heavy atom. The zero-order chi connectivity index (χ0) is 12.3. The van der Waals surface area contributed by atoms with Gasteiger partial charge < -0.3 is 5.73 Å². The monoisotopic (exact) mass is 245 g/mol. The van der Waals surface area contributed by atoms with E-state index in [-0.39, 0.29) is 5.11 Å². The van der Waals surface area contributed by atoms with Gasteiger partial charge in [0, 0.05) is 17.5 Å². The number of aromatic nitrogens is 1. The molecule has 2 aromatic rings. The summed E-state index contributed by atoms with van der Waals surface area (Å²) < 4.78 is 2.06. The van der Waals surface area contributed by atoms with Crippen LogP contribution in [-0.4, -0.2) is 11.3 Å². The quantitative estimate of drug-likeness (QED) is 0.357. The van der Waals surface area contributed by atoms with Crippen molar-refractivity contribution in [2.45, 2.75) is 0 Å². The fourth-order valence-electron chi connectivity index (χ4n) is 1.65. The zero-order valence-corrected chi connectivity index (χ0v) is 10.2. The lowest BCUT2D eigenvalue weighted by molar-refractivity contribution is -0.645. The number of nitrogens with two attached hydrogens (primary N) is 1. The predicted molar refractivity (Wildman–Crippen MR) is 72.6 cm³/mol. The highest BCUT2D eigenvalue weighted by molar-refractivity contribution is 7.80. The number of aryl methyl sites for hydroxylation is 1. The molecule has 0 bridgehead atoms. The minimum absolute atomic E-state index is 0.157. The summed E-state index contributed by atoms with van der Waals surface area (Å²) in [4.78, 5) is 0. The number of pyridine rings is 1. The topological polar surface area (TPSA) is 54.3 Å². The second kappa shape index (κ2) is 4.88. The van der Waals surface area contributed by atoms with Gasteiger partial charge in [0.25, 0.3) is 0 Å². The van der Waals surface area contributed by atoms with E-state index in [0.29, 0.717) is 0 Å². The van der Waals surface area contributed by atoms with Gasteiger partial charge in [0.05, 0.1) is 0 Å². The molecular weight excluding hydrogens is 232 g/mol. The Morgan fingerprint density at radius 2 is 2.12 bits per heavy atom. The second-order valence-corrected chi connectivity index (χ2v) is 4.05. The molecule has 0 saturated heterocycles. The summed E-state index contributed by atoms with van der Waals surface area (Å²) in [5, 5.41) is 5.29. The molecule has 5 heteroatoms. The maximum atomic E-state index is 5.28.